The third kappa shape index (κ3) is 3.30. The van der Waals surface area contributed by atoms with Gasteiger partial charge in [-0.3, -0.25) is 4.90 Å². The number of piperazine rings is 1. The fourth-order valence-electron chi connectivity index (χ4n) is 3.15. The van der Waals surface area contributed by atoms with Gasteiger partial charge in [0.25, 0.3) is 0 Å². The van der Waals surface area contributed by atoms with Crippen LogP contribution in [0.3, 0.4) is 0 Å². The van der Waals surface area contributed by atoms with Crippen molar-refractivity contribution in [1.29, 1.82) is 0 Å². The second-order valence-electron chi connectivity index (χ2n) is 5.92. The van der Waals surface area contributed by atoms with Gasteiger partial charge in [-0.05, 0) is 47.8 Å². The summed E-state index contributed by atoms with van der Waals surface area (Å²) in [5.74, 6) is -0.953. The zero-order valence-corrected chi connectivity index (χ0v) is 14.4. The summed E-state index contributed by atoms with van der Waals surface area (Å²) in [4.78, 5) is 2.24. The first kappa shape index (κ1) is 16.8. The highest BCUT2D eigenvalue weighted by Gasteiger charge is 2.38. The second kappa shape index (κ2) is 6.71. The predicted molar refractivity (Wildman–Crippen MR) is 85.2 cm³/mol. The van der Waals surface area contributed by atoms with Crippen molar-refractivity contribution in [2.75, 3.05) is 13.1 Å². The monoisotopic (exact) mass is 360 g/mol. The zero-order chi connectivity index (χ0) is 15.6. The summed E-state index contributed by atoms with van der Waals surface area (Å²) in [6.45, 7) is 8.36. The minimum atomic E-state index is -0.484. The van der Waals surface area contributed by atoms with Crippen LogP contribution in [-0.2, 0) is 6.54 Å². The van der Waals surface area contributed by atoms with Gasteiger partial charge >= 0.3 is 0 Å². The largest absolute Gasteiger partial charge is 0.311 e. The molecule has 0 aliphatic carbocycles. The summed E-state index contributed by atoms with van der Waals surface area (Å²) in [6.07, 6.45) is 1.92. The van der Waals surface area contributed by atoms with E-state index in [2.05, 4.69) is 46.9 Å². The Hall–Kier alpha value is -0.520. The molecule has 1 saturated heterocycles. The quantitative estimate of drug-likeness (QED) is 0.813. The van der Waals surface area contributed by atoms with Crippen molar-refractivity contribution in [3.63, 3.8) is 0 Å². The Kier molecular flexibility index (Phi) is 5.38. The van der Waals surface area contributed by atoms with Gasteiger partial charge in [0.05, 0.1) is 4.47 Å². The van der Waals surface area contributed by atoms with Crippen LogP contribution in [0.15, 0.2) is 16.6 Å². The molecule has 1 aromatic carbocycles. The minimum Gasteiger partial charge on any atom is -0.311 e. The lowest BCUT2D eigenvalue weighted by Gasteiger charge is -2.49. The van der Waals surface area contributed by atoms with Gasteiger partial charge in [-0.25, -0.2) is 8.78 Å². The van der Waals surface area contributed by atoms with E-state index < -0.39 is 11.6 Å². The summed E-state index contributed by atoms with van der Waals surface area (Å²) in [6, 6.07) is 3.07. The molecule has 0 saturated carbocycles. The molecule has 0 aromatic heterocycles. The number of nitrogens with zero attached hydrogens (tertiary/aromatic N) is 1. The van der Waals surface area contributed by atoms with E-state index in [0.29, 0.717) is 17.1 Å². The average Bonchev–Trinajstić information content (AvgIpc) is 2.48. The third-order valence-electron chi connectivity index (χ3n) is 4.75. The standard InChI is InChI=1S/C16H23BrF2N2/c1-4-16(5-2)10-20-11(3)8-21(16)9-12-14(18)7-6-13(17)15(12)19/h6-7,11,20H,4-5,8-10H2,1-3H3. The summed E-state index contributed by atoms with van der Waals surface area (Å²) in [7, 11) is 0. The molecule has 2 rings (SSSR count). The van der Waals surface area contributed by atoms with Gasteiger partial charge in [-0.15, -0.1) is 0 Å². The van der Waals surface area contributed by atoms with E-state index in [0.717, 1.165) is 25.9 Å². The fraction of sp³-hybridized carbons (Fsp3) is 0.625. The van der Waals surface area contributed by atoms with E-state index in [1.165, 1.54) is 12.1 Å². The maximum Gasteiger partial charge on any atom is 0.144 e. The number of halogens is 3. The van der Waals surface area contributed by atoms with Crippen molar-refractivity contribution in [3.8, 4) is 0 Å². The number of hydrogen-bond donors (Lipinski definition) is 1. The molecule has 1 heterocycles. The molecule has 0 radical (unpaired) electrons. The maximum absolute atomic E-state index is 14.2. The molecule has 0 spiro atoms. The third-order valence-corrected chi connectivity index (χ3v) is 5.36. The Balaban J connectivity index is 2.33. The maximum atomic E-state index is 14.2. The molecule has 5 heteroatoms. The Morgan fingerprint density at radius 2 is 2.00 bits per heavy atom. The first-order valence-corrected chi connectivity index (χ1v) is 8.33. The first-order chi connectivity index (χ1) is 9.93. The molecular formula is C16H23BrF2N2. The van der Waals surface area contributed by atoms with Gasteiger partial charge in [-0.2, -0.15) is 0 Å². The topological polar surface area (TPSA) is 15.3 Å². The molecule has 1 unspecified atom stereocenters. The van der Waals surface area contributed by atoms with Crippen LogP contribution < -0.4 is 5.32 Å². The van der Waals surface area contributed by atoms with Crippen molar-refractivity contribution >= 4 is 15.9 Å². The van der Waals surface area contributed by atoms with Gasteiger partial charge in [-0.1, -0.05) is 13.8 Å². The summed E-state index contributed by atoms with van der Waals surface area (Å²) in [5, 5.41) is 3.49. The van der Waals surface area contributed by atoms with Gasteiger partial charge in [0.15, 0.2) is 0 Å². The highest BCUT2D eigenvalue weighted by atomic mass is 79.9. The lowest BCUT2D eigenvalue weighted by Crippen LogP contribution is -2.63. The van der Waals surface area contributed by atoms with Crippen LogP contribution in [0.4, 0.5) is 8.78 Å². The van der Waals surface area contributed by atoms with Crippen LogP contribution in [0.2, 0.25) is 0 Å². The number of nitrogens with one attached hydrogen (secondary N) is 1. The van der Waals surface area contributed by atoms with Crippen LogP contribution in [0.25, 0.3) is 0 Å². The van der Waals surface area contributed by atoms with E-state index in [1.54, 1.807) is 0 Å². The van der Waals surface area contributed by atoms with E-state index >= 15 is 0 Å². The Bertz CT molecular complexity index is 503. The van der Waals surface area contributed by atoms with Gasteiger partial charge in [0, 0.05) is 36.8 Å². The molecule has 0 bridgehead atoms. The van der Waals surface area contributed by atoms with E-state index in [9.17, 15) is 8.78 Å². The normalized spacial score (nSPS) is 22.5. The zero-order valence-electron chi connectivity index (χ0n) is 12.8. The summed E-state index contributed by atoms with van der Waals surface area (Å²) in [5.41, 5.74) is 0.123. The van der Waals surface area contributed by atoms with Crippen molar-refractivity contribution in [2.24, 2.45) is 0 Å². The highest BCUT2D eigenvalue weighted by Crippen LogP contribution is 2.31. The van der Waals surface area contributed by atoms with Gasteiger partial charge in [0.1, 0.15) is 11.6 Å². The van der Waals surface area contributed by atoms with Gasteiger partial charge in [0.2, 0.25) is 0 Å². The van der Waals surface area contributed by atoms with E-state index in [4.69, 9.17) is 0 Å². The van der Waals surface area contributed by atoms with Crippen LogP contribution in [0, 0.1) is 11.6 Å². The molecule has 1 N–H and O–H groups in total. The molecular weight excluding hydrogens is 338 g/mol. The Labute approximate surface area is 134 Å². The molecule has 21 heavy (non-hydrogen) atoms. The van der Waals surface area contributed by atoms with Crippen molar-refractivity contribution in [2.45, 2.75) is 51.7 Å². The van der Waals surface area contributed by atoms with Gasteiger partial charge < -0.3 is 5.32 Å². The van der Waals surface area contributed by atoms with Crippen LogP contribution >= 0.6 is 15.9 Å². The molecule has 1 atom stereocenters. The molecule has 1 aliphatic heterocycles. The Morgan fingerprint density at radius 3 is 2.62 bits per heavy atom. The average molecular weight is 361 g/mol. The molecule has 1 fully saturated rings. The minimum absolute atomic E-state index is 0.0340. The lowest BCUT2D eigenvalue weighted by molar-refractivity contribution is 0.0261. The first-order valence-electron chi connectivity index (χ1n) is 7.54. The SMILES string of the molecule is CCC1(CC)CNC(C)CN1Cc1c(F)ccc(Br)c1F. The summed E-state index contributed by atoms with van der Waals surface area (Å²) < 4.78 is 28.6. The van der Waals surface area contributed by atoms with Crippen molar-refractivity contribution < 1.29 is 8.78 Å². The number of rotatable bonds is 4. The second-order valence-corrected chi connectivity index (χ2v) is 6.77. The van der Waals surface area contributed by atoms with Crippen molar-refractivity contribution in [3.05, 3.63) is 33.8 Å². The molecule has 1 aliphatic rings. The van der Waals surface area contributed by atoms with Crippen molar-refractivity contribution in [1.82, 2.24) is 10.2 Å². The van der Waals surface area contributed by atoms with Crippen LogP contribution in [0.5, 0.6) is 0 Å². The smallest absolute Gasteiger partial charge is 0.144 e. The number of hydrogen-bond acceptors (Lipinski definition) is 2. The van der Waals surface area contributed by atoms with E-state index in [1.807, 2.05) is 0 Å². The molecule has 118 valence electrons. The fourth-order valence-corrected chi connectivity index (χ4v) is 3.52. The van der Waals surface area contributed by atoms with Crippen LogP contribution in [-0.4, -0.2) is 29.6 Å². The lowest BCUT2D eigenvalue weighted by atomic mass is 9.87. The molecule has 0 amide bonds. The summed E-state index contributed by atoms with van der Waals surface area (Å²) >= 11 is 3.15. The highest BCUT2D eigenvalue weighted by molar-refractivity contribution is 9.10. The molecule has 2 nitrogen and oxygen atoms in total. The number of benzene rings is 1. The van der Waals surface area contributed by atoms with Crippen LogP contribution in [0.1, 0.15) is 39.2 Å². The Morgan fingerprint density at radius 1 is 1.33 bits per heavy atom. The molecule has 1 aromatic rings. The van der Waals surface area contributed by atoms with E-state index in [-0.39, 0.29) is 11.1 Å². The predicted octanol–water partition coefficient (Wildman–Crippen LogP) is 4.08.